The van der Waals surface area contributed by atoms with Crippen molar-refractivity contribution in [2.24, 2.45) is 5.73 Å². The number of rotatable bonds is 7. The summed E-state index contributed by atoms with van der Waals surface area (Å²) < 4.78 is 89.8. The molecule has 0 unspecified atom stereocenters. The van der Waals surface area contributed by atoms with Crippen LogP contribution in [0.1, 0.15) is 47.9 Å². The molecule has 7 nitrogen and oxygen atoms in total. The first-order valence-corrected chi connectivity index (χ1v) is 11.6. The highest BCUT2D eigenvalue weighted by atomic mass is 35.5. The zero-order valence-electron chi connectivity index (χ0n) is 20.2. The molecular weight excluding hydrogens is 552 g/mol. The minimum atomic E-state index is -4.72. The van der Waals surface area contributed by atoms with Crippen molar-refractivity contribution in [1.82, 2.24) is 15.0 Å². The molecule has 0 spiro atoms. The van der Waals surface area contributed by atoms with Gasteiger partial charge in [0, 0.05) is 12.1 Å². The van der Waals surface area contributed by atoms with Crippen molar-refractivity contribution < 1.29 is 35.6 Å². The largest absolute Gasteiger partial charge is 0.493 e. The maximum absolute atomic E-state index is 13.8. The Balaban J connectivity index is 0.00000420. The van der Waals surface area contributed by atoms with E-state index >= 15 is 0 Å². The first-order valence-electron chi connectivity index (χ1n) is 11.6. The molecule has 2 aromatic carbocycles. The smallest absolute Gasteiger partial charge is 0.419 e. The van der Waals surface area contributed by atoms with Crippen molar-refractivity contribution in [3.05, 3.63) is 71.1 Å². The Kier molecular flexibility index (Phi) is 9.15. The summed E-state index contributed by atoms with van der Waals surface area (Å²) >= 11 is 0. The first kappa shape index (κ1) is 29.8. The lowest BCUT2D eigenvalue weighted by molar-refractivity contribution is -0.139. The van der Waals surface area contributed by atoms with Crippen LogP contribution in [0.2, 0.25) is 0 Å². The Morgan fingerprint density at radius 1 is 1.10 bits per heavy atom. The summed E-state index contributed by atoms with van der Waals surface area (Å²) in [7, 11) is 0. The number of guanidine groups is 1. The number of halogens is 7. The van der Waals surface area contributed by atoms with Crippen LogP contribution in [0.3, 0.4) is 0 Å². The average molecular weight is 576 g/mol. The summed E-state index contributed by atoms with van der Waals surface area (Å²) in [6.07, 6.45) is -4.39. The monoisotopic (exact) mass is 575 g/mol. The predicted molar refractivity (Wildman–Crippen MR) is 133 cm³/mol. The lowest BCUT2D eigenvalue weighted by Gasteiger charge is -2.21. The number of aromatic nitrogens is 2. The quantitative estimate of drug-likeness (QED) is 0.141. The Morgan fingerprint density at radius 2 is 1.82 bits per heavy atom. The van der Waals surface area contributed by atoms with Gasteiger partial charge in [-0.05, 0) is 55.2 Å². The minimum absolute atomic E-state index is 0. The van der Waals surface area contributed by atoms with Crippen molar-refractivity contribution in [3.8, 4) is 17.1 Å². The summed E-state index contributed by atoms with van der Waals surface area (Å²) in [5.74, 6) is -0.401. The van der Waals surface area contributed by atoms with Gasteiger partial charge in [-0.15, -0.1) is 12.4 Å². The standard InChI is InChI=1S/C25H23F6N5O2.ClH/c26-24(27,28)17-9-6-15(7-10-17)4-1-2-13-37-20-11-8-16(14-18(20)25(29,30)31)21-34-22(38-35-21)19-5-3-12-36(19)23(32)33;/h1,4,6-11,14,19H,2-3,5,12-13H2,(H3,32,33);1H/b4-1+;/t19-;/m0./s1. The van der Waals surface area contributed by atoms with Gasteiger partial charge in [0.05, 0.1) is 17.7 Å². The van der Waals surface area contributed by atoms with Gasteiger partial charge in [0.2, 0.25) is 11.7 Å². The summed E-state index contributed by atoms with van der Waals surface area (Å²) in [6, 6.07) is 7.52. The maximum atomic E-state index is 13.8. The molecule has 2 heterocycles. The zero-order chi connectivity index (χ0) is 27.5. The van der Waals surface area contributed by atoms with Gasteiger partial charge in [0.25, 0.3) is 0 Å². The van der Waals surface area contributed by atoms with E-state index in [0.717, 1.165) is 24.6 Å². The van der Waals surface area contributed by atoms with Gasteiger partial charge in [-0.3, -0.25) is 5.41 Å². The fourth-order valence-electron chi connectivity index (χ4n) is 4.06. The van der Waals surface area contributed by atoms with Gasteiger partial charge >= 0.3 is 12.4 Å². The predicted octanol–water partition coefficient (Wildman–Crippen LogP) is 6.71. The molecule has 210 valence electrons. The number of nitrogens with one attached hydrogen (secondary N) is 1. The van der Waals surface area contributed by atoms with E-state index in [0.29, 0.717) is 18.5 Å². The Bertz CT molecular complexity index is 1310. The molecule has 0 amide bonds. The number of hydrogen-bond acceptors (Lipinski definition) is 5. The first-order chi connectivity index (χ1) is 17.9. The molecule has 3 aromatic rings. The molecule has 14 heteroatoms. The number of alkyl halides is 6. The molecule has 1 aromatic heterocycles. The third kappa shape index (κ3) is 7.22. The molecule has 0 bridgehead atoms. The van der Waals surface area contributed by atoms with E-state index in [1.165, 1.54) is 24.3 Å². The van der Waals surface area contributed by atoms with Crippen LogP contribution in [0.4, 0.5) is 26.3 Å². The lowest BCUT2D eigenvalue weighted by atomic mass is 10.1. The van der Waals surface area contributed by atoms with Crippen LogP contribution in [0.25, 0.3) is 17.5 Å². The van der Waals surface area contributed by atoms with E-state index in [1.54, 1.807) is 17.1 Å². The van der Waals surface area contributed by atoms with Crippen LogP contribution in [0.15, 0.2) is 53.1 Å². The van der Waals surface area contributed by atoms with Gasteiger partial charge in [-0.25, -0.2) is 0 Å². The topological polar surface area (TPSA) is 101 Å². The highest BCUT2D eigenvalue weighted by Gasteiger charge is 2.36. The number of ether oxygens (including phenoxy) is 1. The number of benzene rings is 2. The highest BCUT2D eigenvalue weighted by molar-refractivity contribution is 5.85. The number of likely N-dealkylation sites (tertiary alicyclic amines) is 1. The Hall–Kier alpha value is -3.74. The fourth-order valence-corrected chi connectivity index (χ4v) is 4.06. The van der Waals surface area contributed by atoms with E-state index in [-0.39, 0.29) is 54.4 Å². The van der Waals surface area contributed by atoms with E-state index < -0.39 is 29.5 Å². The molecule has 4 rings (SSSR count). The van der Waals surface area contributed by atoms with Crippen LogP contribution in [0.5, 0.6) is 5.75 Å². The molecule has 39 heavy (non-hydrogen) atoms. The van der Waals surface area contributed by atoms with Crippen molar-refractivity contribution in [2.75, 3.05) is 13.2 Å². The second kappa shape index (κ2) is 12.0. The van der Waals surface area contributed by atoms with E-state index in [4.69, 9.17) is 20.4 Å². The normalized spacial score (nSPS) is 15.9. The van der Waals surface area contributed by atoms with Crippen LogP contribution >= 0.6 is 12.4 Å². The Morgan fingerprint density at radius 3 is 2.46 bits per heavy atom. The minimum Gasteiger partial charge on any atom is -0.493 e. The highest BCUT2D eigenvalue weighted by Crippen LogP contribution is 2.39. The van der Waals surface area contributed by atoms with Crippen molar-refractivity contribution >= 4 is 24.4 Å². The molecule has 1 saturated heterocycles. The number of nitrogens with zero attached hydrogens (tertiary/aromatic N) is 3. The molecular formula is C25H24ClF6N5O2. The van der Waals surface area contributed by atoms with Gasteiger partial charge in [0.1, 0.15) is 11.8 Å². The van der Waals surface area contributed by atoms with Crippen molar-refractivity contribution in [3.63, 3.8) is 0 Å². The molecule has 1 fully saturated rings. The Labute approximate surface area is 225 Å². The van der Waals surface area contributed by atoms with E-state index in [1.807, 2.05) is 0 Å². The average Bonchev–Trinajstić information content (AvgIpc) is 3.53. The maximum Gasteiger partial charge on any atom is 0.419 e. The summed E-state index contributed by atoms with van der Waals surface area (Å²) in [5.41, 5.74) is 4.39. The van der Waals surface area contributed by atoms with Crippen LogP contribution < -0.4 is 10.5 Å². The molecule has 1 aliphatic rings. The molecule has 3 N–H and O–H groups in total. The number of nitrogens with two attached hydrogens (primary N) is 1. The molecule has 1 aliphatic heterocycles. The van der Waals surface area contributed by atoms with Crippen molar-refractivity contribution in [2.45, 2.75) is 37.7 Å². The molecule has 1 atom stereocenters. The number of hydrogen-bond donors (Lipinski definition) is 2. The van der Waals surface area contributed by atoms with Gasteiger partial charge in [0.15, 0.2) is 5.96 Å². The fraction of sp³-hybridized carbons (Fsp3) is 0.320. The van der Waals surface area contributed by atoms with Crippen molar-refractivity contribution in [1.29, 1.82) is 5.41 Å². The van der Waals surface area contributed by atoms with E-state index in [9.17, 15) is 26.3 Å². The lowest BCUT2D eigenvalue weighted by Crippen LogP contribution is -2.35. The van der Waals surface area contributed by atoms with Crippen LogP contribution in [0, 0.1) is 5.41 Å². The third-order valence-electron chi connectivity index (χ3n) is 5.92. The summed E-state index contributed by atoms with van der Waals surface area (Å²) in [4.78, 5) is 5.82. The third-order valence-corrected chi connectivity index (χ3v) is 5.92. The summed E-state index contributed by atoms with van der Waals surface area (Å²) in [6.45, 7) is 0.454. The second-order valence-electron chi connectivity index (χ2n) is 8.56. The zero-order valence-corrected chi connectivity index (χ0v) is 21.0. The summed E-state index contributed by atoms with van der Waals surface area (Å²) in [5, 5.41) is 11.5. The van der Waals surface area contributed by atoms with Gasteiger partial charge < -0.3 is 19.9 Å². The van der Waals surface area contributed by atoms with Gasteiger partial charge in [-0.2, -0.15) is 31.3 Å². The van der Waals surface area contributed by atoms with E-state index in [2.05, 4.69) is 10.1 Å². The molecule has 0 saturated carbocycles. The van der Waals surface area contributed by atoms with Gasteiger partial charge in [-0.1, -0.05) is 29.4 Å². The SMILES string of the molecule is Cl.N=C(N)N1CCC[C@H]1c1nc(-c2ccc(OCC/C=C/c3ccc(C(F)(F)F)cc3)c(C(F)(F)F)c2)no1. The van der Waals surface area contributed by atoms with Crippen LogP contribution in [-0.2, 0) is 12.4 Å². The molecule has 0 radical (unpaired) electrons. The molecule has 0 aliphatic carbocycles. The second-order valence-corrected chi connectivity index (χ2v) is 8.56. The van der Waals surface area contributed by atoms with Crippen LogP contribution in [-0.4, -0.2) is 34.2 Å².